The van der Waals surface area contributed by atoms with Crippen LogP contribution in [0.2, 0.25) is 5.02 Å². The molecule has 0 amide bonds. The molecule has 21 heavy (non-hydrogen) atoms. The van der Waals surface area contributed by atoms with Crippen LogP contribution in [0.1, 0.15) is 36.0 Å². The Bertz CT molecular complexity index is 588. The molecule has 0 saturated carbocycles. The van der Waals surface area contributed by atoms with Crippen molar-refractivity contribution in [1.29, 1.82) is 0 Å². The number of hydrogen-bond donors (Lipinski definition) is 1. The third-order valence-corrected chi connectivity index (χ3v) is 4.47. The van der Waals surface area contributed by atoms with Crippen LogP contribution in [0.3, 0.4) is 0 Å². The second kappa shape index (κ2) is 7.73. The standard InChI is InChI=1S/C15H20ClN3OS/c1-4-12-15(21-19-18-12)13(17-5-2)9-10-8-11(16)6-7-14(10)20-3/h6-8,13,17H,4-5,9H2,1-3H3. The van der Waals surface area contributed by atoms with Gasteiger partial charge in [0.05, 0.1) is 17.7 Å². The normalized spacial score (nSPS) is 12.4. The monoisotopic (exact) mass is 325 g/mol. The molecule has 1 aromatic heterocycles. The second-order valence-electron chi connectivity index (χ2n) is 4.71. The maximum atomic E-state index is 6.12. The lowest BCUT2D eigenvalue weighted by atomic mass is 10.0. The zero-order chi connectivity index (χ0) is 15.2. The summed E-state index contributed by atoms with van der Waals surface area (Å²) in [4.78, 5) is 1.20. The molecular formula is C15H20ClN3OS. The second-order valence-corrected chi connectivity index (χ2v) is 5.93. The molecule has 1 unspecified atom stereocenters. The maximum Gasteiger partial charge on any atom is 0.122 e. The summed E-state index contributed by atoms with van der Waals surface area (Å²) in [6.45, 7) is 5.08. The van der Waals surface area contributed by atoms with Gasteiger partial charge in [0, 0.05) is 11.1 Å². The number of rotatable bonds is 7. The van der Waals surface area contributed by atoms with Crippen molar-refractivity contribution in [2.24, 2.45) is 0 Å². The molecule has 0 fully saturated rings. The molecule has 0 spiro atoms. The highest BCUT2D eigenvalue weighted by Crippen LogP contribution is 2.30. The van der Waals surface area contributed by atoms with E-state index in [4.69, 9.17) is 16.3 Å². The van der Waals surface area contributed by atoms with E-state index in [2.05, 4.69) is 28.8 Å². The average Bonchev–Trinajstić information content (AvgIpc) is 2.95. The predicted molar refractivity (Wildman–Crippen MR) is 87.4 cm³/mol. The fourth-order valence-corrected chi connectivity index (χ4v) is 3.36. The number of halogens is 1. The molecule has 1 heterocycles. The first-order valence-corrected chi connectivity index (χ1v) is 8.21. The van der Waals surface area contributed by atoms with Gasteiger partial charge in [0.25, 0.3) is 0 Å². The number of ether oxygens (including phenoxy) is 1. The van der Waals surface area contributed by atoms with E-state index in [1.807, 2.05) is 18.2 Å². The summed E-state index contributed by atoms with van der Waals surface area (Å²) in [6, 6.07) is 5.90. The lowest BCUT2D eigenvalue weighted by Crippen LogP contribution is -2.23. The van der Waals surface area contributed by atoms with Crippen LogP contribution in [-0.4, -0.2) is 23.2 Å². The van der Waals surface area contributed by atoms with Crippen LogP contribution in [0.5, 0.6) is 5.75 Å². The van der Waals surface area contributed by atoms with Crippen molar-refractivity contribution >= 4 is 23.1 Å². The number of aryl methyl sites for hydroxylation is 1. The first-order chi connectivity index (χ1) is 10.2. The van der Waals surface area contributed by atoms with Crippen molar-refractivity contribution in [2.45, 2.75) is 32.7 Å². The minimum atomic E-state index is 0.178. The third-order valence-electron chi connectivity index (χ3n) is 3.35. The molecule has 1 aromatic carbocycles. The molecule has 2 aromatic rings. The van der Waals surface area contributed by atoms with Gasteiger partial charge in [0.15, 0.2) is 0 Å². The summed E-state index contributed by atoms with van der Waals surface area (Å²) < 4.78 is 9.53. The Morgan fingerprint density at radius 3 is 2.86 bits per heavy atom. The fraction of sp³-hybridized carbons (Fsp3) is 0.467. The van der Waals surface area contributed by atoms with E-state index >= 15 is 0 Å². The number of aromatic nitrogens is 2. The van der Waals surface area contributed by atoms with Gasteiger partial charge in [-0.05, 0) is 54.7 Å². The lowest BCUT2D eigenvalue weighted by molar-refractivity contribution is 0.406. The first kappa shape index (κ1) is 16.2. The summed E-state index contributed by atoms with van der Waals surface area (Å²) in [5.41, 5.74) is 2.15. The zero-order valence-electron chi connectivity index (χ0n) is 12.5. The Balaban J connectivity index is 2.30. The van der Waals surface area contributed by atoms with E-state index in [0.29, 0.717) is 0 Å². The molecule has 1 N–H and O–H groups in total. The van der Waals surface area contributed by atoms with E-state index < -0.39 is 0 Å². The topological polar surface area (TPSA) is 47.0 Å². The van der Waals surface area contributed by atoms with Crippen LogP contribution in [0, 0.1) is 0 Å². The van der Waals surface area contributed by atoms with Gasteiger partial charge in [-0.1, -0.05) is 29.9 Å². The van der Waals surface area contributed by atoms with Crippen molar-refractivity contribution in [3.05, 3.63) is 39.4 Å². The number of likely N-dealkylation sites (N-methyl/N-ethyl adjacent to an activating group) is 1. The molecule has 2 rings (SSSR count). The summed E-state index contributed by atoms with van der Waals surface area (Å²) in [5.74, 6) is 0.859. The highest BCUT2D eigenvalue weighted by Gasteiger charge is 2.20. The van der Waals surface area contributed by atoms with Crippen molar-refractivity contribution < 1.29 is 4.74 Å². The first-order valence-electron chi connectivity index (χ1n) is 7.06. The van der Waals surface area contributed by atoms with Crippen LogP contribution in [-0.2, 0) is 12.8 Å². The minimum absolute atomic E-state index is 0.178. The Labute approximate surface area is 134 Å². The molecular weight excluding hydrogens is 306 g/mol. The largest absolute Gasteiger partial charge is 0.496 e. The van der Waals surface area contributed by atoms with Gasteiger partial charge in [-0.15, -0.1) is 5.10 Å². The van der Waals surface area contributed by atoms with Crippen molar-refractivity contribution in [3.63, 3.8) is 0 Å². The van der Waals surface area contributed by atoms with Crippen LogP contribution in [0.4, 0.5) is 0 Å². The van der Waals surface area contributed by atoms with Crippen molar-refractivity contribution in [3.8, 4) is 5.75 Å². The van der Waals surface area contributed by atoms with Crippen molar-refractivity contribution in [2.75, 3.05) is 13.7 Å². The third kappa shape index (κ3) is 3.93. The highest BCUT2D eigenvalue weighted by molar-refractivity contribution is 7.05. The smallest absolute Gasteiger partial charge is 0.122 e. The minimum Gasteiger partial charge on any atom is -0.496 e. The summed E-state index contributed by atoms with van der Waals surface area (Å²) >= 11 is 7.58. The van der Waals surface area contributed by atoms with Crippen LogP contribution >= 0.6 is 23.1 Å². The van der Waals surface area contributed by atoms with Gasteiger partial charge in [-0.25, -0.2) is 0 Å². The van der Waals surface area contributed by atoms with Gasteiger partial charge in [-0.3, -0.25) is 0 Å². The molecule has 6 heteroatoms. The number of nitrogens with zero attached hydrogens (tertiary/aromatic N) is 2. The number of hydrogen-bond acceptors (Lipinski definition) is 5. The lowest BCUT2D eigenvalue weighted by Gasteiger charge is -2.18. The summed E-state index contributed by atoms with van der Waals surface area (Å²) in [7, 11) is 1.68. The van der Waals surface area contributed by atoms with Crippen molar-refractivity contribution in [1.82, 2.24) is 14.9 Å². The van der Waals surface area contributed by atoms with Gasteiger partial charge in [-0.2, -0.15) is 0 Å². The summed E-state index contributed by atoms with van der Waals surface area (Å²) in [5, 5.41) is 8.44. The molecule has 114 valence electrons. The fourth-order valence-electron chi connectivity index (χ4n) is 2.36. The van der Waals surface area contributed by atoms with Crippen LogP contribution in [0.15, 0.2) is 18.2 Å². The molecule has 0 saturated heterocycles. The van der Waals surface area contributed by atoms with E-state index in [1.165, 1.54) is 16.4 Å². The van der Waals surface area contributed by atoms with E-state index in [1.54, 1.807) is 7.11 Å². The molecule has 0 aliphatic heterocycles. The van der Waals surface area contributed by atoms with Gasteiger partial charge in [0.1, 0.15) is 5.75 Å². The Morgan fingerprint density at radius 1 is 1.38 bits per heavy atom. The number of benzene rings is 1. The highest BCUT2D eigenvalue weighted by atomic mass is 35.5. The van der Waals surface area contributed by atoms with E-state index in [-0.39, 0.29) is 6.04 Å². The Kier molecular flexibility index (Phi) is 5.96. The Hall–Kier alpha value is -1.17. The number of methoxy groups -OCH3 is 1. The molecule has 0 aliphatic rings. The van der Waals surface area contributed by atoms with Gasteiger partial charge < -0.3 is 10.1 Å². The summed E-state index contributed by atoms with van der Waals surface area (Å²) in [6.07, 6.45) is 1.69. The van der Waals surface area contributed by atoms with Gasteiger partial charge >= 0.3 is 0 Å². The Morgan fingerprint density at radius 2 is 2.19 bits per heavy atom. The molecule has 1 atom stereocenters. The SMILES string of the molecule is CCNC(Cc1cc(Cl)ccc1OC)c1snnc1CC. The number of nitrogens with one attached hydrogen (secondary N) is 1. The predicted octanol–water partition coefficient (Wildman–Crippen LogP) is 3.66. The van der Waals surface area contributed by atoms with E-state index in [0.717, 1.165) is 41.4 Å². The zero-order valence-corrected chi connectivity index (χ0v) is 14.1. The molecule has 4 nitrogen and oxygen atoms in total. The maximum absolute atomic E-state index is 6.12. The van der Waals surface area contributed by atoms with Gasteiger partial charge in [0.2, 0.25) is 0 Å². The average molecular weight is 326 g/mol. The van der Waals surface area contributed by atoms with Crippen LogP contribution in [0.25, 0.3) is 0 Å². The van der Waals surface area contributed by atoms with E-state index in [9.17, 15) is 0 Å². The van der Waals surface area contributed by atoms with Crippen LogP contribution < -0.4 is 10.1 Å². The molecule has 0 bridgehead atoms. The molecule has 0 aliphatic carbocycles. The quantitative estimate of drug-likeness (QED) is 0.844. The molecule has 0 radical (unpaired) electrons.